The molecule has 6 nitrogen and oxygen atoms in total. The van der Waals surface area contributed by atoms with Crippen LogP contribution < -0.4 is 10.6 Å². The number of aromatic hydroxyl groups is 1. The summed E-state index contributed by atoms with van der Waals surface area (Å²) in [6, 6.07) is 18.5. The Morgan fingerprint density at radius 2 is 1.85 bits per heavy atom. The van der Waals surface area contributed by atoms with E-state index in [2.05, 4.69) is 20.6 Å². The molecule has 0 radical (unpaired) electrons. The first-order chi connectivity index (χ1) is 16.4. The molecule has 1 heterocycles. The van der Waals surface area contributed by atoms with E-state index in [1.807, 2.05) is 30.5 Å². The van der Waals surface area contributed by atoms with Crippen molar-refractivity contribution in [2.45, 2.75) is 11.3 Å². The van der Waals surface area contributed by atoms with E-state index < -0.39 is 11.7 Å². The van der Waals surface area contributed by atoms with E-state index in [9.17, 15) is 14.3 Å². The summed E-state index contributed by atoms with van der Waals surface area (Å²) in [5.74, 6) is -0.788. The molecule has 0 atom stereocenters. The highest BCUT2D eigenvalue weighted by Gasteiger charge is 2.19. The number of benzene rings is 3. The van der Waals surface area contributed by atoms with Gasteiger partial charge in [-0.1, -0.05) is 35.9 Å². The van der Waals surface area contributed by atoms with E-state index in [4.69, 9.17) is 11.6 Å². The zero-order chi connectivity index (χ0) is 24.1. The lowest BCUT2D eigenvalue weighted by molar-refractivity contribution is 0.102. The van der Waals surface area contributed by atoms with Crippen LogP contribution in [-0.2, 0) is 6.42 Å². The van der Waals surface area contributed by atoms with E-state index >= 15 is 0 Å². The summed E-state index contributed by atoms with van der Waals surface area (Å²) in [6.07, 6.45) is 3.73. The molecule has 0 saturated heterocycles. The first kappa shape index (κ1) is 23.5. The van der Waals surface area contributed by atoms with Crippen molar-refractivity contribution in [3.63, 3.8) is 0 Å². The smallest absolute Gasteiger partial charge is 0.259 e. The first-order valence-electron chi connectivity index (χ1n) is 10.2. The zero-order valence-electron chi connectivity index (χ0n) is 18.0. The molecule has 0 fully saturated rings. The summed E-state index contributed by atoms with van der Waals surface area (Å²) in [6.45, 7) is 0. The van der Waals surface area contributed by atoms with Crippen LogP contribution in [0.2, 0.25) is 5.02 Å². The largest absolute Gasteiger partial charge is 0.508 e. The maximum Gasteiger partial charge on any atom is 0.259 e. The zero-order valence-corrected chi connectivity index (χ0v) is 19.6. The lowest BCUT2D eigenvalue weighted by Gasteiger charge is -2.14. The van der Waals surface area contributed by atoms with Crippen LogP contribution in [0, 0.1) is 5.82 Å². The van der Waals surface area contributed by atoms with E-state index in [-0.39, 0.29) is 28.0 Å². The molecule has 0 aliphatic carbocycles. The number of rotatable bonds is 7. The van der Waals surface area contributed by atoms with Crippen LogP contribution in [0.1, 0.15) is 21.6 Å². The van der Waals surface area contributed by atoms with Crippen molar-refractivity contribution in [1.82, 2.24) is 9.97 Å². The SMILES string of the molecule is CSc1ccccc1Cc1nc(Nc2ccc(O)cc2)ncc1C(=O)Nc1c(F)cccc1Cl. The van der Waals surface area contributed by atoms with Crippen LogP contribution in [0.15, 0.2) is 77.8 Å². The summed E-state index contributed by atoms with van der Waals surface area (Å²) >= 11 is 7.67. The van der Waals surface area contributed by atoms with Crippen molar-refractivity contribution in [2.75, 3.05) is 16.9 Å². The Hall–Kier alpha value is -3.62. The number of carbonyl (C=O) groups excluding carboxylic acids is 1. The Morgan fingerprint density at radius 1 is 1.09 bits per heavy atom. The van der Waals surface area contributed by atoms with Gasteiger partial charge in [0.15, 0.2) is 0 Å². The molecule has 3 aromatic carbocycles. The third kappa shape index (κ3) is 5.47. The van der Waals surface area contributed by atoms with Gasteiger partial charge < -0.3 is 15.7 Å². The molecule has 0 aliphatic rings. The summed E-state index contributed by atoms with van der Waals surface area (Å²) in [5.41, 5.74) is 2.22. The monoisotopic (exact) mass is 494 g/mol. The molecule has 0 bridgehead atoms. The van der Waals surface area contributed by atoms with Crippen molar-refractivity contribution >= 4 is 46.6 Å². The molecule has 4 aromatic rings. The predicted octanol–water partition coefficient (Wildman–Crippen LogP) is 6.28. The number of phenols is 1. The number of hydrogen-bond donors (Lipinski definition) is 3. The van der Waals surface area contributed by atoms with Crippen LogP contribution in [0.5, 0.6) is 5.75 Å². The van der Waals surface area contributed by atoms with Gasteiger partial charge in [0.25, 0.3) is 5.91 Å². The molecule has 3 N–H and O–H groups in total. The Balaban J connectivity index is 1.70. The summed E-state index contributed by atoms with van der Waals surface area (Å²) in [4.78, 5) is 23.0. The fourth-order valence-corrected chi connectivity index (χ4v) is 4.13. The van der Waals surface area contributed by atoms with Crippen LogP contribution in [0.25, 0.3) is 0 Å². The minimum Gasteiger partial charge on any atom is -0.508 e. The average molecular weight is 495 g/mol. The van der Waals surface area contributed by atoms with Crippen LogP contribution in [-0.4, -0.2) is 27.2 Å². The third-order valence-corrected chi connectivity index (χ3v) is 6.14. The standard InChI is InChI=1S/C25H20ClFN4O2S/c1-34-22-8-3-2-5-15(22)13-21-18(24(33)31-23-19(26)6-4-7-20(23)27)14-28-25(30-21)29-16-9-11-17(32)12-10-16/h2-12,14,32H,13H2,1H3,(H,31,33)(H,28,29,30). The fraction of sp³-hybridized carbons (Fsp3) is 0.0800. The maximum absolute atomic E-state index is 14.2. The topological polar surface area (TPSA) is 87.1 Å². The number of thioether (sulfide) groups is 1. The molecule has 1 amide bonds. The van der Waals surface area contributed by atoms with Crippen LogP contribution in [0.4, 0.5) is 21.7 Å². The number of aromatic nitrogens is 2. The molecule has 0 spiro atoms. The molecule has 9 heteroatoms. The highest BCUT2D eigenvalue weighted by Crippen LogP contribution is 2.27. The Kier molecular flexibility index (Phi) is 7.30. The number of amides is 1. The third-order valence-electron chi connectivity index (χ3n) is 4.99. The Morgan fingerprint density at radius 3 is 2.59 bits per heavy atom. The van der Waals surface area contributed by atoms with Gasteiger partial charge in [0.05, 0.1) is 22.0 Å². The van der Waals surface area contributed by atoms with Crippen molar-refractivity contribution in [3.05, 3.63) is 101 Å². The normalized spacial score (nSPS) is 10.7. The van der Waals surface area contributed by atoms with E-state index in [0.717, 1.165) is 10.5 Å². The number of para-hydroxylation sites is 1. The number of hydrogen-bond acceptors (Lipinski definition) is 6. The molecule has 0 unspecified atom stereocenters. The Labute approximate surface area is 205 Å². The number of halogens is 2. The fourth-order valence-electron chi connectivity index (χ4n) is 3.30. The van der Waals surface area contributed by atoms with Crippen molar-refractivity contribution in [1.29, 1.82) is 0 Å². The van der Waals surface area contributed by atoms with Crippen molar-refractivity contribution < 1.29 is 14.3 Å². The molecule has 4 rings (SSSR count). The van der Waals surface area contributed by atoms with Gasteiger partial charge in [-0.25, -0.2) is 14.4 Å². The van der Waals surface area contributed by atoms with Crippen molar-refractivity contribution in [2.24, 2.45) is 0 Å². The molecule has 1 aromatic heterocycles. The molecule has 34 heavy (non-hydrogen) atoms. The van der Waals surface area contributed by atoms with Gasteiger partial charge in [-0.2, -0.15) is 0 Å². The van der Waals surface area contributed by atoms with Gasteiger partial charge in [-0.05, 0) is 54.3 Å². The van der Waals surface area contributed by atoms with Gasteiger partial charge in [0.2, 0.25) is 5.95 Å². The lowest BCUT2D eigenvalue weighted by atomic mass is 10.1. The lowest BCUT2D eigenvalue weighted by Crippen LogP contribution is -2.18. The quantitative estimate of drug-likeness (QED) is 0.207. The molecule has 0 aliphatic heterocycles. The number of anilines is 3. The van der Waals surface area contributed by atoms with E-state index in [1.165, 1.54) is 36.5 Å². The molecular weight excluding hydrogens is 475 g/mol. The second-order valence-electron chi connectivity index (χ2n) is 7.27. The highest BCUT2D eigenvalue weighted by atomic mass is 35.5. The van der Waals surface area contributed by atoms with Gasteiger partial charge in [-0.3, -0.25) is 4.79 Å². The average Bonchev–Trinajstić information content (AvgIpc) is 2.83. The van der Waals surface area contributed by atoms with Gasteiger partial charge >= 0.3 is 0 Å². The number of phenolic OH excluding ortho intramolecular Hbond substituents is 1. The first-order valence-corrected chi connectivity index (χ1v) is 11.8. The van der Waals surface area contributed by atoms with Gasteiger partial charge in [-0.15, -0.1) is 11.8 Å². The number of nitrogens with one attached hydrogen (secondary N) is 2. The highest BCUT2D eigenvalue weighted by molar-refractivity contribution is 7.98. The summed E-state index contributed by atoms with van der Waals surface area (Å²) in [7, 11) is 0. The summed E-state index contributed by atoms with van der Waals surface area (Å²) in [5, 5.41) is 15.2. The second-order valence-corrected chi connectivity index (χ2v) is 8.52. The number of nitrogens with zero attached hydrogens (tertiary/aromatic N) is 2. The number of carbonyl (C=O) groups is 1. The van der Waals surface area contributed by atoms with E-state index in [0.29, 0.717) is 17.8 Å². The predicted molar refractivity (Wildman–Crippen MR) is 134 cm³/mol. The summed E-state index contributed by atoms with van der Waals surface area (Å²) < 4.78 is 14.2. The minimum absolute atomic E-state index is 0.0918. The molecular formula is C25H20ClFN4O2S. The van der Waals surface area contributed by atoms with Gasteiger partial charge in [0, 0.05) is 23.2 Å². The van der Waals surface area contributed by atoms with Gasteiger partial charge in [0.1, 0.15) is 11.6 Å². The Bertz CT molecular complexity index is 1310. The maximum atomic E-state index is 14.2. The molecule has 172 valence electrons. The molecule has 0 saturated carbocycles. The second kappa shape index (κ2) is 10.5. The van der Waals surface area contributed by atoms with E-state index in [1.54, 1.807) is 23.9 Å². The van der Waals surface area contributed by atoms with Crippen molar-refractivity contribution in [3.8, 4) is 5.75 Å². The minimum atomic E-state index is -0.637. The van der Waals surface area contributed by atoms with Crippen LogP contribution in [0.3, 0.4) is 0 Å². The van der Waals surface area contributed by atoms with Crippen LogP contribution >= 0.6 is 23.4 Å².